The van der Waals surface area contributed by atoms with E-state index in [0.717, 1.165) is 0 Å². The lowest BCUT2D eigenvalue weighted by molar-refractivity contribution is 0.567. The van der Waals surface area contributed by atoms with Crippen LogP contribution in [0.5, 0.6) is 0 Å². The lowest BCUT2D eigenvalue weighted by atomic mass is 10.2. The molecule has 0 atom stereocenters. The van der Waals surface area contributed by atoms with E-state index in [1.54, 1.807) is 0 Å². The van der Waals surface area contributed by atoms with Crippen LogP contribution in [-0.2, 0) is 0 Å². The number of nitrogens with zero attached hydrogens (tertiary/aromatic N) is 1. The summed E-state index contributed by atoms with van der Waals surface area (Å²) in [6.07, 6.45) is 4.14. The van der Waals surface area contributed by atoms with Crippen LogP contribution < -0.4 is 0 Å². The van der Waals surface area contributed by atoms with Crippen molar-refractivity contribution in [1.82, 2.24) is 4.90 Å². The Bertz CT molecular complexity index is 262. The molecule has 0 aliphatic carbocycles. The van der Waals surface area contributed by atoms with Crippen LogP contribution in [0.15, 0.2) is 30.5 Å². The Balaban J connectivity index is 2.71. The monoisotopic (exact) mass is 273 g/mol. The molecule has 1 nitrogen and oxygen atoms in total. The number of rotatable bonds is 2. The van der Waals surface area contributed by atoms with Crippen molar-refractivity contribution >= 4 is 28.7 Å². The van der Waals surface area contributed by atoms with Crippen LogP contribution in [0.3, 0.4) is 0 Å². The predicted octanol–water partition coefficient (Wildman–Crippen LogP) is 2.82. The first-order chi connectivity index (χ1) is 5.68. The summed E-state index contributed by atoms with van der Waals surface area (Å²) in [6, 6.07) is 8.44. The van der Waals surface area contributed by atoms with Gasteiger partial charge in [-0.05, 0) is 52.6 Å². The third kappa shape index (κ3) is 3.26. The largest absolute Gasteiger partial charge is 0.383 e. The molecule has 0 heterocycles. The Morgan fingerprint density at radius 1 is 1.17 bits per heavy atom. The molecule has 12 heavy (non-hydrogen) atoms. The molecule has 64 valence electrons. The van der Waals surface area contributed by atoms with E-state index in [9.17, 15) is 0 Å². The highest BCUT2D eigenvalue weighted by atomic mass is 127. The molecular formula is C10H12IN. The third-order valence-corrected chi connectivity index (χ3v) is 2.15. The Labute approximate surface area is 87.2 Å². The molecule has 0 radical (unpaired) electrons. The average molecular weight is 273 g/mol. The van der Waals surface area contributed by atoms with Gasteiger partial charge in [0.05, 0.1) is 0 Å². The summed E-state index contributed by atoms with van der Waals surface area (Å²) in [4.78, 5) is 2.03. The van der Waals surface area contributed by atoms with Gasteiger partial charge < -0.3 is 4.90 Å². The molecule has 0 saturated heterocycles. The van der Waals surface area contributed by atoms with Gasteiger partial charge in [0.15, 0.2) is 0 Å². The zero-order valence-corrected chi connectivity index (χ0v) is 9.45. The van der Waals surface area contributed by atoms with Gasteiger partial charge in [-0.3, -0.25) is 0 Å². The predicted molar refractivity (Wildman–Crippen MR) is 61.9 cm³/mol. The second-order valence-electron chi connectivity index (χ2n) is 2.83. The molecule has 0 aliphatic heterocycles. The first-order valence-corrected chi connectivity index (χ1v) is 4.86. The minimum atomic E-state index is 1.24. The van der Waals surface area contributed by atoms with E-state index in [4.69, 9.17) is 0 Å². The van der Waals surface area contributed by atoms with E-state index >= 15 is 0 Å². The number of halogens is 1. The maximum atomic E-state index is 2.30. The summed E-state index contributed by atoms with van der Waals surface area (Å²) >= 11 is 2.30. The standard InChI is InChI=1S/C10H12IN/c1-12(2)8-7-9-3-5-10(11)6-4-9/h3-8H,1-2H3. The topological polar surface area (TPSA) is 3.24 Å². The maximum Gasteiger partial charge on any atom is 0.0130 e. The SMILES string of the molecule is CN(C)C=Cc1ccc(I)cc1. The molecule has 0 saturated carbocycles. The van der Waals surface area contributed by atoms with Crippen molar-refractivity contribution in [2.45, 2.75) is 0 Å². The molecule has 0 amide bonds. The van der Waals surface area contributed by atoms with Crippen LogP contribution in [0.1, 0.15) is 5.56 Å². The fraction of sp³-hybridized carbons (Fsp3) is 0.200. The van der Waals surface area contributed by atoms with Crippen LogP contribution in [-0.4, -0.2) is 19.0 Å². The average Bonchev–Trinajstić information content (AvgIpc) is 2.03. The fourth-order valence-electron chi connectivity index (χ4n) is 0.809. The normalized spacial score (nSPS) is 10.6. The van der Waals surface area contributed by atoms with Crippen molar-refractivity contribution in [3.63, 3.8) is 0 Å². The molecule has 0 spiro atoms. The first-order valence-electron chi connectivity index (χ1n) is 3.78. The summed E-state index contributed by atoms with van der Waals surface area (Å²) < 4.78 is 1.27. The second-order valence-corrected chi connectivity index (χ2v) is 4.08. The molecule has 2 heteroatoms. The van der Waals surface area contributed by atoms with E-state index in [-0.39, 0.29) is 0 Å². The zero-order valence-electron chi connectivity index (χ0n) is 7.29. The molecule has 0 unspecified atom stereocenters. The quantitative estimate of drug-likeness (QED) is 0.749. The van der Waals surface area contributed by atoms with E-state index < -0.39 is 0 Å². The van der Waals surface area contributed by atoms with Gasteiger partial charge in [0.25, 0.3) is 0 Å². The van der Waals surface area contributed by atoms with Gasteiger partial charge in [0, 0.05) is 17.7 Å². The number of hydrogen-bond donors (Lipinski definition) is 0. The summed E-state index contributed by atoms with van der Waals surface area (Å²) in [7, 11) is 4.03. The smallest absolute Gasteiger partial charge is 0.0130 e. The van der Waals surface area contributed by atoms with Gasteiger partial charge in [0.1, 0.15) is 0 Å². The van der Waals surface area contributed by atoms with E-state index in [0.29, 0.717) is 0 Å². The molecule has 1 aromatic carbocycles. The highest BCUT2D eigenvalue weighted by Gasteiger charge is 1.86. The zero-order chi connectivity index (χ0) is 8.97. The molecule has 0 N–H and O–H groups in total. The van der Waals surface area contributed by atoms with Gasteiger partial charge in [-0.15, -0.1) is 0 Å². The van der Waals surface area contributed by atoms with Crippen molar-refractivity contribution < 1.29 is 0 Å². The van der Waals surface area contributed by atoms with Crippen LogP contribution in [0.2, 0.25) is 0 Å². The maximum absolute atomic E-state index is 2.30. The van der Waals surface area contributed by atoms with E-state index in [2.05, 4.69) is 52.9 Å². The minimum Gasteiger partial charge on any atom is -0.383 e. The lowest BCUT2D eigenvalue weighted by Gasteiger charge is -2.02. The van der Waals surface area contributed by atoms with Gasteiger partial charge >= 0.3 is 0 Å². The van der Waals surface area contributed by atoms with Gasteiger partial charge in [-0.2, -0.15) is 0 Å². The Morgan fingerprint density at radius 3 is 2.25 bits per heavy atom. The lowest BCUT2D eigenvalue weighted by Crippen LogP contribution is -1.99. The van der Waals surface area contributed by atoms with Crippen molar-refractivity contribution in [3.8, 4) is 0 Å². The molecular weight excluding hydrogens is 261 g/mol. The highest BCUT2D eigenvalue weighted by Crippen LogP contribution is 2.07. The minimum absolute atomic E-state index is 1.24. The Morgan fingerprint density at radius 2 is 1.75 bits per heavy atom. The summed E-state index contributed by atoms with van der Waals surface area (Å²) in [5, 5.41) is 0. The Hall–Kier alpha value is -0.510. The van der Waals surface area contributed by atoms with E-state index in [1.165, 1.54) is 9.13 Å². The molecule has 0 aromatic heterocycles. The van der Waals surface area contributed by atoms with Crippen LogP contribution >= 0.6 is 22.6 Å². The van der Waals surface area contributed by atoms with Gasteiger partial charge in [0.2, 0.25) is 0 Å². The molecule has 0 bridgehead atoms. The van der Waals surface area contributed by atoms with Crippen LogP contribution in [0.4, 0.5) is 0 Å². The number of hydrogen-bond acceptors (Lipinski definition) is 1. The van der Waals surface area contributed by atoms with Crippen molar-refractivity contribution in [2.75, 3.05) is 14.1 Å². The van der Waals surface area contributed by atoms with Gasteiger partial charge in [-0.25, -0.2) is 0 Å². The summed E-state index contributed by atoms with van der Waals surface area (Å²) in [6.45, 7) is 0. The van der Waals surface area contributed by atoms with Crippen molar-refractivity contribution in [3.05, 3.63) is 39.6 Å². The van der Waals surface area contributed by atoms with Crippen LogP contribution in [0, 0.1) is 3.57 Å². The molecule has 0 fully saturated rings. The van der Waals surface area contributed by atoms with E-state index in [1.807, 2.05) is 25.2 Å². The summed E-state index contributed by atoms with van der Waals surface area (Å²) in [5.74, 6) is 0. The van der Waals surface area contributed by atoms with Crippen molar-refractivity contribution in [1.29, 1.82) is 0 Å². The molecule has 1 rings (SSSR count). The third-order valence-electron chi connectivity index (χ3n) is 1.44. The van der Waals surface area contributed by atoms with Crippen LogP contribution in [0.25, 0.3) is 6.08 Å². The fourth-order valence-corrected chi connectivity index (χ4v) is 1.17. The number of benzene rings is 1. The first kappa shape index (κ1) is 9.58. The Kier molecular flexibility index (Phi) is 3.59. The molecule has 1 aromatic rings. The summed E-state index contributed by atoms with van der Waals surface area (Å²) in [5.41, 5.74) is 1.24. The van der Waals surface area contributed by atoms with Gasteiger partial charge in [-0.1, -0.05) is 12.1 Å². The molecule has 0 aliphatic rings. The highest BCUT2D eigenvalue weighted by molar-refractivity contribution is 14.1. The second kappa shape index (κ2) is 4.50. The van der Waals surface area contributed by atoms with Crippen molar-refractivity contribution in [2.24, 2.45) is 0 Å².